The van der Waals surface area contributed by atoms with E-state index >= 15 is 0 Å². The van der Waals surface area contributed by atoms with Crippen molar-refractivity contribution in [3.05, 3.63) is 48.2 Å². The van der Waals surface area contributed by atoms with Gasteiger partial charge >= 0.3 is 0 Å². The zero-order chi connectivity index (χ0) is 21.7. The van der Waals surface area contributed by atoms with E-state index in [0.29, 0.717) is 18.4 Å². The van der Waals surface area contributed by atoms with E-state index in [1.807, 2.05) is 0 Å². The summed E-state index contributed by atoms with van der Waals surface area (Å²) in [7, 11) is 0. The minimum absolute atomic E-state index is 0. The number of ether oxygens (including phenoxy) is 2. The standard InChI is InChI=1S/C8H5NO3.C6H15NO2.C6H12O.CH4/c10-7-5-3-1-2-4-6(5)8(11)9(7)12;1-5(2)4-8-6(3)9-7;1-4-7-5-6(2)3;/h1-4,12H;5-6H,4,7H2,1-3H3;4,6H,1,5H2,2-3H3;1H4. The molecule has 166 valence electrons. The van der Waals surface area contributed by atoms with Crippen molar-refractivity contribution in [2.75, 3.05) is 13.2 Å². The van der Waals surface area contributed by atoms with Crippen molar-refractivity contribution in [2.24, 2.45) is 17.7 Å². The van der Waals surface area contributed by atoms with E-state index in [1.165, 1.54) is 18.4 Å². The fourth-order valence-corrected chi connectivity index (χ4v) is 1.80. The molecule has 29 heavy (non-hydrogen) atoms. The third-order valence-electron chi connectivity index (χ3n) is 3.18. The first-order valence-corrected chi connectivity index (χ1v) is 9.01. The van der Waals surface area contributed by atoms with Crippen molar-refractivity contribution in [3.8, 4) is 0 Å². The van der Waals surface area contributed by atoms with Gasteiger partial charge in [0.1, 0.15) is 0 Å². The quantitative estimate of drug-likeness (QED) is 0.229. The number of benzene rings is 1. The fourth-order valence-electron chi connectivity index (χ4n) is 1.80. The number of carbonyl (C=O) groups is 2. The lowest BCUT2D eigenvalue weighted by atomic mass is 10.1. The van der Waals surface area contributed by atoms with Crippen LogP contribution in [0.15, 0.2) is 37.1 Å². The summed E-state index contributed by atoms with van der Waals surface area (Å²) in [4.78, 5) is 26.5. The van der Waals surface area contributed by atoms with Gasteiger partial charge in [0.05, 0.1) is 30.6 Å². The molecular weight excluding hydrogens is 376 g/mol. The molecule has 8 nitrogen and oxygen atoms in total. The van der Waals surface area contributed by atoms with Crippen molar-refractivity contribution in [1.82, 2.24) is 5.06 Å². The van der Waals surface area contributed by atoms with Gasteiger partial charge in [-0.3, -0.25) is 19.6 Å². The topological polar surface area (TPSA) is 111 Å². The van der Waals surface area contributed by atoms with E-state index in [9.17, 15) is 9.59 Å². The van der Waals surface area contributed by atoms with Crippen LogP contribution >= 0.6 is 0 Å². The Morgan fingerprint density at radius 2 is 1.48 bits per heavy atom. The van der Waals surface area contributed by atoms with Gasteiger partial charge < -0.3 is 9.47 Å². The van der Waals surface area contributed by atoms with Crippen molar-refractivity contribution in [1.29, 1.82) is 0 Å². The molecule has 1 aliphatic rings. The molecule has 0 radical (unpaired) electrons. The number of hydrogen-bond acceptors (Lipinski definition) is 7. The molecule has 3 N–H and O–H groups in total. The molecule has 1 heterocycles. The number of rotatable bonds is 7. The Bertz CT molecular complexity index is 584. The molecule has 2 rings (SSSR count). The molecule has 1 atom stereocenters. The van der Waals surface area contributed by atoms with E-state index in [0.717, 1.165) is 6.61 Å². The summed E-state index contributed by atoms with van der Waals surface area (Å²) in [6.07, 6.45) is 1.19. The summed E-state index contributed by atoms with van der Waals surface area (Å²) in [6, 6.07) is 6.30. The largest absolute Gasteiger partial charge is 0.502 e. The fraction of sp³-hybridized carbons (Fsp3) is 0.524. The first-order chi connectivity index (χ1) is 13.1. The first-order valence-electron chi connectivity index (χ1n) is 9.01. The Labute approximate surface area is 174 Å². The second-order valence-electron chi connectivity index (χ2n) is 6.79. The van der Waals surface area contributed by atoms with Crippen LogP contribution in [0.25, 0.3) is 0 Å². The van der Waals surface area contributed by atoms with Crippen LogP contribution in [-0.2, 0) is 14.3 Å². The maximum atomic E-state index is 11.1. The number of fused-ring (bicyclic) bond motifs is 1. The van der Waals surface area contributed by atoms with Crippen LogP contribution < -0.4 is 5.90 Å². The number of imide groups is 1. The summed E-state index contributed by atoms with van der Waals surface area (Å²) < 4.78 is 9.96. The van der Waals surface area contributed by atoms with Crippen molar-refractivity contribution < 1.29 is 29.1 Å². The lowest BCUT2D eigenvalue weighted by Gasteiger charge is -2.11. The molecule has 0 aliphatic carbocycles. The molecule has 0 saturated carbocycles. The third kappa shape index (κ3) is 11.4. The summed E-state index contributed by atoms with van der Waals surface area (Å²) in [5.74, 6) is 4.66. The van der Waals surface area contributed by atoms with Gasteiger partial charge in [-0.1, -0.05) is 53.8 Å². The maximum absolute atomic E-state index is 11.1. The number of hydrogen-bond donors (Lipinski definition) is 2. The molecule has 8 heteroatoms. The predicted molar refractivity (Wildman–Crippen MR) is 112 cm³/mol. The molecule has 1 aromatic rings. The highest BCUT2D eigenvalue weighted by Gasteiger charge is 2.33. The van der Waals surface area contributed by atoms with Crippen LogP contribution in [0.1, 0.15) is 62.8 Å². The SMILES string of the molecule is C.C=COCC(C)C.CC(C)COC(C)ON.O=C1c2ccccc2C(=O)N1O. The van der Waals surface area contributed by atoms with Crippen LogP contribution in [0.4, 0.5) is 0 Å². The van der Waals surface area contributed by atoms with Gasteiger partial charge in [-0.2, -0.15) is 0 Å². The number of nitrogens with zero attached hydrogens (tertiary/aromatic N) is 1. The van der Waals surface area contributed by atoms with E-state index in [2.05, 4.69) is 39.1 Å². The van der Waals surface area contributed by atoms with E-state index in [4.69, 9.17) is 20.6 Å². The average Bonchev–Trinajstić information content (AvgIpc) is 2.90. The normalized spacial score (nSPS) is 12.9. The number of carbonyl (C=O) groups excluding carboxylic acids is 2. The van der Waals surface area contributed by atoms with E-state index in [1.54, 1.807) is 19.1 Å². The van der Waals surface area contributed by atoms with E-state index < -0.39 is 11.8 Å². The molecule has 0 spiro atoms. The lowest BCUT2D eigenvalue weighted by molar-refractivity contribution is -0.138. The van der Waals surface area contributed by atoms with Gasteiger partial charge in [0.15, 0.2) is 6.29 Å². The zero-order valence-corrected chi connectivity index (χ0v) is 17.3. The monoisotopic (exact) mass is 412 g/mol. The minimum Gasteiger partial charge on any atom is -0.502 e. The first kappa shape index (κ1) is 28.9. The van der Waals surface area contributed by atoms with Crippen LogP contribution in [0.2, 0.25) is 0 Å². The van der Waals surface area contributed by atoms with Crippen LogP contribution in [0.3, 0.4) is 0 Å². The van der Waals surface area contributed by atoms with Crippen molar-refractivity contribution in [3.63, 3.8) is 0 Å². The van der Waals surface area contributed by atoms with Gasteiger partial charge in [0, 0.05) is 0 Å². The molecule has 1 aliphatic heterocycles. The average molecular weight is 413 g/mol. The Morgan fingerprint density at radius 3 is 1.79 bits per heavy atom. The Balaban J connectivity index is 0. The van der Waals surface area contributed by atoms with Crippen LogP contribution in [0.5, 0.6) is 0 Å². The molecule has 1 unspecified atom stereocenters. The number of amides is 2. The second kappa shape index (κ2) is 15.6. The highest BCUT2D eigenvalue weighted by atomic mass is 16.7. The predicted octanol–water partition coefficient (Wildman–Crippen LogP) is 4.01. The smallest absolute Gasteiger partial charge is 0.285 e. The molecule has 0 aromatic heterocycles. The molecular formula is C21H36N2O6. The van der Waals surface area contributed by atoms with Gasteiger partial charge in [-0.25, -0.2) is 5.90 Å². The van der Waals surface area contributed by atoms with Crippen LogP contribution in [0, 0.1) is 11.8 Å². The van der Waals surface area contributed by atoms with Gasteiger partial charge in [0.25, 0.3) is 11.8 Å². The Hall–Kier alpha value is -2.26. The van der Waals surface area contributed by atoms with Gasteiger partial charge in [-0.15, -0.1) is 5.06 Å². The summed E-state index contributed by atoms with van der Waals surface area (Å²) in [5.41, 5.74) is 0.509. The maximum Gasteiger partial charge on any atom is 0.285 e. The molecule has 1 aromatic carbocycles. The lowest BCUT2D eigenvalue weighted by Crippen LogP contribution is -2.25. The second-order valence-corrected chi connectivity index (χ2v) is 6.79. The van der Waals surface area contributed by atoms with Crippen LogP contribution in [-0.4, -0.2) is 41.6 Å². The summed E-state index contributed by atoms with van der Waals surface area (Å²) in [5, 5.41) is 9.05. The van der Waals surface area contributed by atoms with Gasteiger partial charge in [0.2, 0.25) is 0 Å². The zero-order valence-electron chi connectivity index (χ0n) is 17.3. The minimum atomic E-state index is -0.657. The molecule has 0 saturated heterocycles. The molecule has 0 fully saturated rings. The van der Waals surface area contributed by atoms with Crippen molar-refractivity contribution >= 4 is 11.8 Å². The highest BCUT2D eigenvalue weighted by Crippen LogP contribution is 2.19. The summed E-state index contributed by atoms with van der Waals surface area (Å²) in [6.45, 7) is 15.0. The highest BCUT2D eigenvalue weighted by molar-refractivity contribution is 6.20. The summed E-state index contributed by atoms with van der Waals surface area (Å²) >= 11 is 0. The van der Waals surface area contributed by atoms with Crippen molar-refractivity contribution in [2.45, 2.75) is 48.3 Å². The van der Waals surface area contributed by atoms with Gasteiger partial charge in [-0.05, 0) is 30.9 Å². The third-order valence-corrected chi connectivity index (χ3v) is 3.18. The number of hydroxylamine groups is 2. The molecule has 2 amide bonds. The molecule has 0 bridgehead atoms. The number of nitrogens with two attached hydrogens (primary N) is 1. The Kier molecular flexibility index (Phi) is 15.6. The Morgan fingerprint density at radius 1 is 1.03 bits per heavy atom. The van der Waals surface area contributed by atoms with E-state index in [-0.39, 0.29) is 29.9 Å².